The lowest BCUT2D eigenvalue weighted by molar-refractivity contribution is 0.0699. The second kappa shape index (κ2) is 5.59. The molecule has 1 fully saturated rings. The zero-order valence-electron chi connectivity index (χ0n) is 12.8. The number of aromatic nitrogens is 3. The standard InChI is InChI=1S/C17H12FN3O3S/c18-11-4-2-1-3-9(11)12-7-10(16(23)24)13-14(19-12)21(8-5-6-8)17(25)20-15(13)22/h1-4,7-8H,5-6H2,(H,23,24)(H,20,22,25). The van der Waals surface area contributed by atoms with Gasteiger partial charge in [-0.05, 0) is 43.3 Å². The van der Waals surface area contributed by atoms with Gasteiger partial charge >= 0.3 is 5.97 Å². The molecular weight excluding hydrogens is 345 g/mol. The molecule has 0 radical (unpaired) electrons. The van der Waals surface area contributed by atoms with Crippen LogP contribution in [0.3, 0.4) is 0 Å². The van der Waals surface area contributed by atoms with E-state index in [2.05, 4.69) is 9.97 Å². The van der Waals surface area contributed by atoms with E-state index in [4.69, 9.17) is 12.2 Å². The minimum absolute atomic E-state index is 0.0481. The van der Waals surface area contributed by atoms with E-state index in [1.807, 2.05) is 0 Å². The Hall–Kier alpha value is -2.87. The number of H-pyrrole nitrogens is 1. The fourth-order valence-electron chi connectivity index (χ4n) is 2.89. The van der Waals surface area contributed by atoms with Crippen molar-refractivity contribution in [1.82, 2.24) is 14.5 Å². The van der Waals surface area contributed by atoms with Crippen molar-refractivity contribution in [2.24, 2.45) is 0 Å². The molecule has 4 rings (SSSR count). The normalized spacial score (nSPS) is 14.0. The third kappa shape index (κ3) is 2.54. The van der Waals surface area contributed by atoms with Crippen molar-refractivity contribution in [2.75, 3.05) is 0 Å². The fraction of sp³-hybridized carbons (Fsp3) is 0.176. The Labute approximate surface area is 145 Å². The molecule has 126 valence electrons. The number of benzene rings is 1. The molecule has 6 nitrogen and oxygen atoms in total. The minimum atomic E-state index is -1.28. The van der Waals surface area contributed by atoms with Gasteiger partial charge in [-0.1, -0.05) is 12.1 Å². The number of fused-ring (bicyclic) bond motifs is 1. The molecule has 0 spiro atoms. The molecule has 2 N–H and O–H groups in total. The van der Waals surface area contributed by atoms with E-state index in [1.165, 1.54) is 24.3 Å². The summed E-state index contributed by atoms with van der Waals surface area (Å²) < 4.78 is 16.0. The van der Waals surface area contributed by atoms with Crippen molar-refractivity contribution in [3.05, 3.63) is 56.8 Å². The van der Waals surface area contributed by atoms with Crippen LogP contribution in [0, 0.1) is 10.6 Å². The number of carboxylic acids is 1. The lowest BCUT2D eigenvalue weighted by Crippen LogP contribution is -2.18. The van der Waals surface area contributed by atoms with Crippen LogP contribution in [-0.4, -0.2) is 25.6 Å². The largest absolute Gasteiger partial charge is 0.478 e. The molecule has 2 heterocycles. The second-order valence-electron chi connectivity index (χ2n) is 5.90. The molecule has 25 heavy (non-hydrogen) atoms. The van der Waals surface area contributed by atoms with Gasteiger partial charge in [0, 0.05) is 11.6 Å². The number of aromatic amines is 1. The van der Waals surface area contributed by atoms with Crippen LogP contribution in [0.5, 0.6) is 0 Å². The number of hydrogen-bond acceptors (Lipinski definition) is 4. The van der Waals surface area contributed by atoms with Crippen molar-refractivity contribution >= 4 is 29.2 Å². The van der Waals surface area contributed by atoms with E-state index < -0.39 is 17.3 Å². The number of nitrogens with zero attached hydrogens (tertiary/aromatic N) is 2. The predicted molar refractivity (Wildman–Crippen MR) is 91.8 cm³/mol. The molecule has 2 aromatic heterocycles. The van der Waals surface area contributed by atoms with Gasteiger partial charge in [0.05, 0.1) is 16.6 Å². The van der Waals surface area contributed by atoms with Crippen LogP contribution >= 0.6 is 12.2 Å². The van der Waals surface area contributed by atoms with Crippen molar-refractivity contribution in [1.29, 1.82) is 0 Å². The smallest absolute Gasteiger partial charge is 0.336 e. The lowest BCUT2D eigenvalue weighted by atomic mass is 10.1. The number of nitrogens with one attached hydrogen (secondary N) is 1. The van der Waals surface area contributed by atoms with Crippen LogP contribution in [0.25, 0.3) is 22.3 Å². The summed E-state index contributed by atoms with van der Waals surface area (Å²) in [5.74, 6) is -1.80. The number of aromatic carboxylic acids is 1. The van der Waals surface area contributed by atoms with Gasteiger partial charge in [-0.15, -0.1) is 0 Å². The summed E-state index contributed by atoms with van der Waals surface area (Å²) >= 11 is 5.22. The van der Waals surface area contributed by atoms with Crippen LogP contribution in [0.2, 0.25) is 0 Å². The topological polar surface area (TPSA) is 88.0 Å². The molecule has 1 aliphatic carbocycles. The lowest BCUT2D eigenvalue weighted by Gasteiger charge is -2.12. The summed E-state index contributed by atoms with van der Waals surface area (Å²) in [5.41, 5.74) is -0.344. The monoisotopic (exact) mass is 357 g/mol. The first kappa shape index (κ1) is 15.6. The molecule has 0 aliphatic heterocycles. The Morgan fingerprint density at radius 1 is 1.36 bits per heavy atom. The summed E-state index contributed by atoms with van der Waals surface area (Å²) in [7, 11) is 0. The molecule has 1 aromatic carbocycles. The maximum atomic E-state index is 14.2. The van der Waals surface area contributed by atoms with Crippen molar-refractivity contribution in [3.63, 3.8) is 0 Å². The third-order valence-corrected chi connectivity index (χ3v) is 4.49. The maximum absolute atomic E-state index is 14.2. The molecule has 0 atom stereocenters. The molecule has 8 heteroatoms. The van der Waals surface area contributed by atoms with Gasteiger partial charge in [0.1, 0.15) is 11.5 Å². The highest BCUT2D eigenvalue weighted by Gasteiger charge is 2.28. The Morgan fingerprint density at radius 2 is 2.08 bits per heavy atom. The molecule has 0 unspecified atom stereocenters. The molecule has 0 saturated heterocycles. The maximum Gasteiger partial charge on any atom is 0.336 e. The van der Waals surface area contributed by atoms with Gasteiger partial charge in [0.15, 0.2) is 4.77 Å². The van der Waals surface area contributed by atoms with Crippen molar-refractivity contribution in [2.45, 2.75) is 18.9 Å². The number of pyridine rings is 1. The van der Waals surface area contributed by atoms with E-state index in [-0.39, 0.29) is 38.7 Å². The first-order valence-electron chi connectivity index (χ1n) is 7.65. The van der Waals surface area contributed by atoms with Gasteiger partial charge < -0.3 is 5.11 Å². The highest BCUT2D eigenvalue weighted by atomic mass is 32.1. The molecule has 3 aromatic rings. The zero-order chi connectivity index (χ0) is 17.7. The van der Waals surface area contributed by atoms with E-state index in [0.29, 0.717) is 0 Å². The van der Waals surface area contributed by atoms with Crippen molar-refractivity contribution < 1.29 is 14.3 Å². The van der Waals surface area contributed by atoms with Crippen LogP contribution in [0.1, 0.15) is 29.2 Å². The van der Waals surface area contributed by atoms with Crippen molar-refractivity contribution in [3.8, 4) is 11.3 Å². The molecule has 1 aliphatic rings. The number of carboxylic acid groups (broad SMARTS) is 1. The fourth-order valence-corrected chi connectivity index (χ4v) is 3.22. The SMILES string of the molecule is O=C(O)c1cc(-c2ccccc2F)nc2c1c(=O)[nH]c(=S)n2C1CC1. The van der Waals surface area contributed by atoms with Crippen LogP contribution < -0.4 is 5.56 Å². The van der Waals surface area contributed by atoms with E-state index in [1.54, 1.807) is 10.6 Å². The number of halogens is 1. The Balaban J connectivity index is 2.16. The average Bonchev–Trinajstić information content (AvgIpc) is 3.39. The van der Waals surface area contributed by atoms with E-state index in [0.717, 1.165) is 12.8 Å². The highest BCUT2D eigenvalue weighted by molar-refractivity contribution is 7.71. The number of hydrogen-bond donors (Lipinski definition) is 2. The summed E-state index contributed by atoms with van der Waals surface area (Å²) in [4.78, 5) is 30.9. The predicted octanol–water partition coefficient (Wildman–Crippen LogP) is 3.29. The van der Waals surface area contributed by atoms with Crippen LogP contribution in [-0.2, 0) is 0 Å². The minimum Gasteiger partial charge on any atom is -0.478 e. The Morgan fingerprint density at radius 3 is 2.72 bits per heavy atom. The quantitative estimate of drug-likeness (QED) is 0.702. The highest BCUT2D eigenvalue weighted by Crippen LogP contribution is 2.37. The Bertz CT molecular complexity index is 1150. The van der Waals surface area contributed by atoms with Gasteiger partial charge in [-0.2, -0.15) is 0 Å². The second-order valence-corrected chi connectivity index (χ2v) is 6.29. The molecule has 0 amide bonds. The molecule has 0 bridgehead atoms. The van der Waals surface area contributed by atoms with Gasteiger partial charge in [-0.25, -0.2) is 14.2 Å². The Kier molecular flexibility index (Phi) is 3.50. The summed E-state index contributed by atoms with van der Waals surface area (Å²) in [6, 6.07) is 7.24. The van der Waals surface area contributed by atoms with E-state index >= 15 is 0 Å². The van der Waals surface area contributed by atoms with Gasteiger partial charge in [-0.3, -0.25) is 14.3 Å². The summed E-state index contributed by atoms with van der Waals surface area (Å²) in [5, 5.41) is 9.50. The van der Waals surface area contributed by atoms with Gasteiger partial charge in [0.2, 0.25) is 0 Å². The summed E-state index contributed by atoms with van der Waals surface area (Å²) in [6.07, 6.45) is 1.73. The first-order chi connectivity index (χ1) is 12.0. The van der Waals surface area contributed by atoms with Crippen LogP contribution in [0.4, 0.5) is 4.39 Å². The van der Waals surface area contributed by atoms with Crippen LogP contribution in [0.15, 0.2) is 35.1 Å². The van der Waals surface area contributed by atoms with Gasteiger partial charge in [0.25, 0.3) is 5.56 Å². The first-order valence-corrected chi connectivity index (χ1v) is 8.06. The number of rotatable bonds is 3. The third-order valence-electron chi connectivity index (χ3n) is 4.19. The average molecular weight is 357 g/mol. The number of carbonyl (C=O) groups is 1. The van der Waals surface area contributed by atoms with E-state index in [9.17, 15) is 19.1 Å². The molecular formula is C17H12FN3O3S. The zero-order valence-corrected chi connectivity index (χ0v) is 13.6. The molecule has 1 saturated carbocycles. The summed E-state index contributed by atoms with van der Waals surface area (Å²) in [6.45, 7) is 0.